The van der Waals surface area contributed by atoms with E-state index in [2.05, 4.69) is 217 Å². The molecule has 11 rings (SSSR count). The molecule has 0 spiro atoms. The van der Waals surface area contributed by atoms with Crippen LogP contribution in [0.3, 0.4) is 0 Å². The zero-order valence-electron chi connectivity index (χ0n) is 70.1. The molecule has 0 atom stereocenters. The number of nitrogens with zero attached hydrogens (tertiary/aromatic N) is 8. The van der Waals surface area contributed by atoms with E-state index in [4.69, 9.17) is 92.5 Å². The van der Waals surface area contributed by atoms with Crippen LogP contribution in [0.2, 0.25) is 78.6 Å². The summed E-state index contributed by atoms with van der Waals surface area (Å²) in [4.78, 5) is 79.0. The summed E-state index contributed by atoms with van der Waals surface area (Å²) in [6.45, 7) is 40.9. The number of ether oxygens (including phenoxy) is 10. The molecular formula is C80H107Cl5N10O16SSi4. The van der Waals surface area contributed by atoms with Crippen molar-refractivity contribution in [3.63, 3.8) is 0 Å². The van der Waals surface area contributed by atoms with E-state index in [0.717, 1.165) is 58.5 Å². The summed E-state index contributed by atoms with van der Waals surface area (Å²) in [5, 5.41) is 16.5. The average Bonchev–Trinajstić information content (AvgIpc) is 1.49. The van der Waals surface area contributed by atoms with Crippen LogP contribution in [-0.2, 0) is 37.9 Å². The molecule has 7 heterocycles. The molecule has 5 aliphatic rings. The highest BCUT2D eigenvalue weighted by atomic mass is 36.0. The maximum absolute atomic E-state index is 12.8. The fourth-order valence-corrected chi connectivity index (χ4v) is 14.9. The number of methoxy groups -OCH3 is 5. The summed E-state index contributed by atoms with van der Waals surface area (Å²) < 4.78 is 62.6. The van der Waals surface area contributed by atoms with E-state index in [9.17, 15) is 19.2 Å². The highest BCUT2D eigenvalue weighted by Crippen LogP contribution is 2.33. The SMILES string of the molecule is C1CCOC1.COC(=O)C1=CCC(Oc2cc([Si](C)(C)C)ccc2C)=N1.COc1nc(C)nc(OC)c1N.COc1nc(C)nc(OC)c1NC(=O)C1=CCC(Oc2cc([Si](C)(C)C)ccc2C)=N1.Cc1ccc([Si](C)(C)C)cc1OC1=NC(C(=O)Cl)=CC1.Cc1ccc([Si](C)(C)C)cc1OC1=NC(C(=O)O)=CC1.ClCCl.O=S(Cl)Cl. The number of alkyl halides is 2. The summed E-state index contributed by atoms with van der Waals surface area (Å²) in [6.07, 6.45) is 11.1. The first-order valence-corrected chi connectivity index (χ1v) is 54.8. The van der Waals surface area contributed by atoms with Gasteiger partial charge in [-0.25, -0.2) is 33.8 Å². The molecule has 0 aliphatic carbocycles. The number of benzene rings is 4. The van der Waals surface area contributed by atoms with Gasteiger partial charge in [-0.05, 0) is 137 Å². The van der Waals surface area contributed by atoms with Crippen LogP contribution in [0, 0.1) is 41.5 Å². The summed E-state index contributed by atoms with van der Waals surface area (Å²) in [6, 6.07) is 25.2. The summed E-state index contributed by atoms with van der Waals surface area (Å²) >= 11 is 14.9. The van der Waals surface area contributed by atoms with Gasteiger partial charge in [-0.3, -0.25) is 9.59 Å². The molecular weight excluding hydrogens is 1680 g/mol. The molecule has 6 aromatic rings. The number of esters is 1. The number of allylic oxidation sites excluding steroid dienone is 1. The molecule has 0 unspecified atom stereocenters. The van der Waals surface area contributed by atoms with Crippen LogP contribution >= 0.6 is 56.2 Å². The minimum atomic E-state index is -1.67. The number of rotatable bonds is 17. The highest BCUT2D eigenvalue weighted by molar-refractivity contribution is 8.26. The van der Waals surface area contributed by atoms with Gasteiger partial charge < -0.3 is 63.5 Å². The van der Waals surface area contributed by atoms with Crippen molar-refractivity contribution < 1.29 is 75.9 Å². The number of carboxylic acid groups (broad SMARTS) is 1. The number of aryl methyl sites for hydroxylation is 6. The van der Waals surface area contributed by atoms with Crippen molar-refractivity contribution in [2.75, 3.05) is 65.2 Å². The lowest BCUT2D eigenvalue weighted by molar-refractivity contribution is -0.136. The molecule has 4 N–H and O–H groups in total. The third-order valence-electron chi connectivity index (χ3n) is 16.8. The largest absolute Gasteiger partial charge is 0.479 e. The topological polar surface area (TPSA) is 337 Å². The second kappa shape index (κ2) is 47.1. The summed E-state index contributed by atoms with van der Waals surface area (Å²) in [7, 11) is 8.98. The second-order valence-corrected chi connectivity index (χ2v) is 54.0. The second-order valence-electron chi connectivity index (χ2n) is 30.0. The fraction of sp³-hybridized carbons (Fsp3) is 0.400. The molecule has 0 bridgehead atoms. The Morgan fingerprint density at radius 3 is 1.01 bits per heavy atom. The van der Waals surface area contributed by atoms with E-state index >= 15 is 0 Å². The number of nitrogens with two attached hydrogens (primary N) is 1. The van der Waals surface area contributed by atoms with Crippen molar-refractivity contribution in [2.45, 2.75) is 159 Å². The normalized spacial score (nSPS) is 13.8. The van der Waals surface area contributed by atoms with Crippen LogP contribution in [0.1, 0.15) is 72.4 Å². The van der Waals surface area contributed by atoms with Gasteiger partial charge in [0.25, 0.3) is 11.1 Å². The van der Waals surface area contributed by atoms with Gasteiger partial charge >= 0.3 is 11.9 Å². The van der Waals surface area contributed by atoms with Crippen LogP contribution < -0.4 is 69.7 Å². The number of carboxylic acids is 1. The van der Waals surface area contributed by atoms with Crippen LogP contribution in [0.25, 0.3) is 0 Å². The lowest BCUT2D eigenvalue weighted by atomic mass is 10.2. The fourth-order valence-electron chi connectivity index (χ4n) is 10.2. The number of aliphatic carboxylic acids is 1. The summed E-state index contributed by atoms with van der Waals surface area (Å²) in [5.74, 6) is 5.42. The van der Waals surface area contributed by atoms with Crippen molar-refractivity contribution in [1.82, 2.24) is 19.9 Å². The van der Waals surface area contributed by atoms with Gasteiger partial charge in [0.2, 0.25) is 32.7 Å². The lowest BCUT2D eigenvalue weighted by Crippen LogP contribution is -2.37. The van der Waals surface area contributed by atoms with Gasteiger partial charge in [-0.1, -0.05) is 148 Å². The van der Waals surface area contributed by atoms with Gasteiger partial charge in [0.15, 0.2) is 35.0 Å². The Balaban J connectivity index is 0.000000300. The van der Waals surface area contributed by atoms with E-state index in [1.807, 2.05) is 33.8 Å². The maximum Gasteiger partial charge on any atom is 0.356 e. The number of hydrogen-bond donors (Lipinski definition) is 3. The van der Waals surface area contributed by atoms with E-state index < -0.39 is 64.6 Å². The van der Waals surface area contributed by atoms with Gasteiger partial charge in [0, 0.05) is 60.3 Å². The molecule has 630 valence electrons. The Kier molecular flexibility index (Phi) is 40.5. The predicted octanol–water partition coefficient (Wildman–Crippen LogP) is 15.8. The quantitative estimate of drug-likeness (QED) is 0.0330. The average molecular weight is 1790 g/mol. The first-order valence-electron chi connectivity index (χ1n) is 36.5. The Hall–Kier alpha value is -8.61. The van der Waals surface area contributed by atoms with Crippen LogP contribution in [0.5, 0.6) is 46.5 Å². The third-order valence-corrected chi connectivity index (χ3v) is 25.2. The molecule has 1 fully saturated rings. The number of aromatic nitrogens is 4. The summed E-state index contributed by atoms with van der Waals surface area (Å²) in [5.41, 5.74) is 11.2. The molecule has 5 aliphatic heterocycles. The number of carbonyl (C=O) groups excluding carboxylic acids is 3. The molecule has 2 aromatic heterocycles. The lowest BCUT2D eigenvalue weighted by Gasteiger charge is -2.18. The van der Waals surface area contributed by atoms with Crippen molar-refractivity contribution in [3.8, 4) is 46.5 Å². The molecule has 4 aromatic carbocycles. The Morgan fingerprint density at radius 1 is 0.474 bits per heavy atom. The van der Waals surface area contributed by atoms with Gasteiger partial charge in [-0.15, -0.1) is 23.2 Å². The van der Waals surface area contributed by atoms with Crippen molar-refractivity contribution in [3.05, 3.63) is 154 Å². The first kappa shape index (κ1) is 99.7. The highest BCUT2D eigenvalue weighted by Gasteiger charge is 2.28. The van der Waals surface area contributed by atoms with E-state index in [-0.39, 0.29) is 39.9 Å². The van der Waals surface area contributed by atoms with Gasteiger partial charge in [0.1, 0.15) is 57.4 Å². The van der Waals surface area contributed by atoms with Gasteiger partial charge in [0.05, 0.1) is 73.2 Å². The standard InChI is InChI=1S/C22H28N4O4Si.C16H21NO3Si.C15H18ClNO2Si.C15H19NO3Si.C7H11N3O2.C4H8O.CH2Cl2.Cl2OS/c1-13-8-9-15(31(5,6)7)12-17(13)30-18-11-10-16(25-18)20(27)26-19-21(28-3)23-14(2)24-22(19)29-4;1-11-6-7-12(21(3,4)5)10-14(11)20-15-9-8-13(17-15)16(18)19-2;1-10-5-6-11(20(2,3)4)9-13(10)19-14-8-7-12(17-14)15(16)18;1-10-5-6-11(20(2,3)4)9-13(10)19-14-8-7-12(16-14)15(17)18;1-4-9-6(11-2)5(8)7(10-4)12-3;1-2-4-5-3-1;2-1-3;1-4(2)3/h8-10,12H,11H2,1-7H3,(H,26,27);6-8,10H,9H2,1-5H3;5-7,9H,8H2,1-4H3;5-7,9H,8H2,1-4H3,(H,17,18);8H2,1-3H3;1-4H2;1H2;. The number of carbonyl (C=O) groups is 4. The van der Waals surface area contributed by atoms with Crippen molar-refractivity contribution in [1.29, 1.82) is 0 Å². The molecule has 1 amide bonds. The maximum atomic E-state index is 12.8. The Morgan fingerprint density at radius 2 is 0.750 bits per heavy atom. The number of nitrogens with one attached hydrogen (secondary N) is 1. The number of halogens is 5. The number of hydrogen-bond acceptors (Lipinski definition) is 24. The number of nitrogen functional groups attached to an aromatic ring is 1. The van der Waals surface area contributed by atoms with Crippen molar-refractivity contribution >= 4 is 176 Å². The zero-order chi connectivity index (χ0) is 87.2. The Bertz CT molecular complexity index is 4570. The number of aliphatic imine (C=N–C) groups is 4. The molecule has 36 heteroatoms. The molecule has 116 heavy (non-hydrogen) atoms. The minimum absolute atomic E-state index is 0.0546. The zero-order valence-corrected chi connectivity index (χ0v) is 78.7. The molecule has 26 nitrogen and oxygen atoms in total. The van der Waals surface area contributed by atoms with Gasteiger partial charge in [-0.2, -0.15) is 19.9 Å². The molecule has 0 radical (unpaired) electrons. The van der Waals surface area contributed by atoms with E-state index in [0.29, 0.717) is 84.1 Å². The van der Waals surface area contributed by atoms with Crippen LogP contribution in [0.4, 0.5) is 11.4 Å². The first-order chi connectivity index (χ1) is 54.3. The predicted molar refractivity (Wildman–Crippen MR) is 479 cm³/mol. The molecule has 1 saturated heterocycles. The van der Waals surface area contributed by atoms with Crippen LogP contribution in [-0.4, -0.2) is 162 Å². The monoisotopic (exact) mass is 1780 g/mol. The minimum Gasteiger partial charge on any atom is -0.479 e. The van der Waals surface area contributed by atoms with Crippen molar-refractivity contribution in [2.24, 2.45) is 20.0 Å². The smallest absolute Gasteiger partial charge is 0.356 e. The van der Waals surface area contributed by atoms with Crippen LogP contribution in [0.15, 0.2) is 140 Å². The van der Waals surface area contributed by atoms with E-state index in [1.165, 1.54) is 69.1 Å². The van der Waals surface area contributed by atoms with E-state index in [1.54, 1.807) is 38.2 Å². The Labute approximate surface area is 711 Å². The number of anilines is 2. The number of amides is 1. The molecule has 0 saturated carbocycles. The third kappa shape index (κ3) is 33.1.